The molecule has 0 saturated carbocycles. The van der Waals surface area contributed by atoms with Gasteiger partial charge in [-0.1, -0.05) is 23.4 Å². The van der Waals surface area contributed by atoms with Gasteiger partial charge >= 0.3 is 0 Å². The summed E-state index contributed by atoms with van der Waals surface area (Å²) in [6, 6.07) is 7.03. The molecule has 1 fully saturated rings. The first-order valence-electron chi connectivity index (χ1n) is 7.77. The zero-order chi connectivity index (χ0) is 16.8. The minimum Gasteiger partial charge on any atom is -0.491 e. The number of aliphatic hydroxyl groups excluding tert-OH is 1. The molecule has 2 heterocycles. The van der Waals surface area contributed by atoms with Crippen molar-refractivity contribution in [2.45, 2.75) is 36.8 Å². The third-order valence-corrected chi connectivity index (χ3v) is 4.91. The van der Waals surface area contributed by atoms with Crippen molar-refractivity contribution in [3.8, 4) is 5.75 Å². The molecule has 1 saturated heterocycles. The topological polar surface area (TPSA) is 82.3 Å². The fraction of sp³-hybridized carbons (Fsp3) is 0.533. The van der Waals surface area contributed by atoms with Crippen LogP contribution in [0.3, 0.4) is 0 Å². The number of rotatable bonds is 8. The van der Waals surface area contributed by atoms with Crippen molar-refractivity contribution < 1.29 is 14.6 Å². The van der Waals surface area contributed by atoms with Crippen LogP contribution in [0, 0.1) is 0 Å². The summed E-state index contributed by atoms with van der Waals surface area (Å²) in [5.74, 6) is 1.12. The van der Waals surface area contributed by atoms with Crippen LogP contribution in [0.15, 0.2) is 29.4 Å². The summed E-state index contributed by atoms with van der Waals surface area (Å²) in [5.41, 5.74) is 0. The molecule has 1 aromatic heterocycles. The molecule has 1 aliphatic heterocycles. The quantitative estimate of drug-likeness (QED) is 0.712. The van der Waals surface area contributed by atoms with Crippen molar-refractivity contribution >= 4 is 23.4 Å². The number of halogens is 1. The molecule has 1 aliphatic rings. The number of nitrogens with zero attached hydrogens (tertiary/aromatic N) is 4. The van der Waals surface area contributed by atoms with Crippen molar-refractivity contribution in [3.05, 3.63) is 29.3 Å². The van der Waals surface area contributed by atoms with Gasteiger partial charge < -0.3 is 14.6 Å². The van der Waals surface area contributed by atoms with E-state index in [4.69, 9.17) is 21.1 Å². The van der Waals surface area contributed by atoms with Crippen molar-refractivity contribution in [1.29, 1.82) is 0 Å². The minimum absolute atomic E-state index is 0.172. The van der Waals surface area contributed by atoms with Gasteiger partial charge in [0, 0.05) is 17.4 Å². The summed E-state index contributed by atoms with van der Waals surface area (Å²) in [6.07, 6.45) is 1.65. The number of aliphatic hydroxyl groups is 1. The predicted molar refractivity (Wildman–Crippen MR) is 90.5 cm³/mol. The first-order valence-corrected chi connectivity index (χ1v) is 9.14. The van der Waals surface area contributed by atoms with Gasteiger partial charge in [-0.05, 0) is 47.5 Å². The summed E-state index contributed by atoms with van der Waals surface area (Å²) in [4.78, 5) is 0. The van der Waals surface area contributed by atoms with E-state index in [2.05, 4.69) is 15.5 Å². The van der Waals surface area contributed by atoms with Gasteiger partial charge in [-0.25, -0.2) is 4.68 Å². The molecule has 0 aliphatic carbocycles. The second-order valence-electron chi connectivity index (χ2n) is 5.51. The van der Waals surface area contributed by atoms with E-state index >= 15 is 0 Å². The summed E-state index contributed by atoms with van der Waals surface area (Å²) < 4.78 is 12.9. The molecule has 2 aromatic rings. The van der Waals surface area contributed by atoms with E-state index in [0.717, 1.165) is 19.4 Å². The third-order valence-electron chi connectivity index (χ3n) is 3.56. The molecule has 0 amide bonds. The molecule has 0 spiro atoms. The maximum absolute atomic E-state index is 10.1. The van der Waals surface area contributed by atoms with Gasteiger partial charge in [0.1, 0.15) is 12.4 Å². The number of benzene rings is 1. The monoisotopic (exact) mass is 370 g/mol. The highest BCUT2D eigenvalue weighted by molar-refractivity contribution is 7.99. The Morgan fingerprint density at radius 1 is 1.42 bits per heavy atom. The Balaban J connectivity index is 1.43. The van der Waals surface area contributed by atoms with Crippen LogP contribution in [-0.2, 0) is 11.3 Å². The maximum Gasteiger partial charge on any atom is 0.209 e. The Labute approximate surface area is 149 Å². The summed E-state index contributed by atoms with van der Waals surface area (Å²) in [7, 11) is 0. The molecule has 7 nitrogen and oxygen atoms in total. The summed E-state index contributed by atoms with van der Waals surface area (Å²) in [6.45, 7) is 1.64. The lowest BCUT2D eigenvalue weighted by molar-refractivity contribution is 0.0911. The number of hydrogen-bond donors (Lipinski definition) is 1. The molecular formula is C15H19ClN4O3S. The van der Waals surface area contributed by atoms with Gasteiger partial charge in [-0.3, -0.25) is 0 Å². The standard InChI is InChI=1S/C15H19ClN4O3S/c16-11-3-5-13(6-4-11)23-9-12(21)10-24-15-17-18-19-20(15)8-14-2-1-7-22-14/h3-6,12,14,21H,1-2,7-10H2/t12-,14+/m1/s1. The highest BCUT2D eigenvalue weighted by Gasteiger charge is 2.19. The van der Waals surface area contributed by atoms with E-state index in [-0.39, 0.29) is 12.7 Å². The zero-order valence-electron chi connectivity index (χ0n) is 13.0. The number of hydrogen-bond acceptors (Lipinski definition) is 7. The highest BCUT2D eigenvalue weighted by Crippen LogP contribution is 2.20. The van der Waals surface area contributed by atoms with Gasteiger partial charge in [0.25, 0.3) is 0 Å². The van der Waals surface area contributed by atoms with Gasteiger partial charge in [0.05, 0.1) is 18.8 Å². The lowest BCUT2D eigenvalue weighted by Crippen LogP contribution is -2.21. The van der Waals surface area contributed by atoms with Crippen LogP contribution < -0.4 is 4.74 Å². The first kappa shape index (κ1) is 17.5. The highest BCUT2D eigenvalue weighted by atomic mass is 35.5. The van der Waals surface area contributed by atoms with E-state index < -0.39 is 6.10 Å². The smallest absolute Gasteiger partial charge is 0.209 e. The largest absolute Gasteiger partial charge is 0.491 e. The zero-order valence-corrected chi connectivity index (χ0v) is 14.6. The Morgan fingerprint density at radius 2 is 2.25 bits per heavy atom. The van der Waals surface area contributed by atoms with Gasteiger partial charge in [-0.2, -0.15) is 0 Å². The van der Waals surface area contributed by atoms with Crippen LogP contribution in [-0.4, -0.2) is 56.5 Å². The van der Waals surface area contributed by atoms with Crippen molar-refractivity contribution in [1.82, 2.24) is 20.2 Å². The maximum atomic E-state index is 10.1. The Bertz CT molecular complexity index is 634. The Kier molecular flexibility index (Phi) is 6.30. The Morgan fingerprint density at radius 3 is 3.00 bits per heavy atom. The number of tetrazole rings is 1. The Hall–Kier alpha value is -1.35. The lowest BCUT2D eigenvalue weighted by Gasteiger charge is -2.13. The normalized spacial score (nSPS) is 18.7. The molecule has 1 N–H and O–H groups in total. The van der Waals surface area contributed by atoms with Crippen LogP contribution in [0.1, 0.15) is 12.8 Å². The van der Waals surface area contributed by atoms with Gasteiger partial charge in [0.15, 0.2) is 0 Å². The number of ether oxygens (including phenoxy) is 2. The van der Waals surface area contributed by atoms with Crippen molar-refractivity contribution in [3.63, 3.8) is 0 Å². The second kappa shape index (κ2) is 8.66. The molecule has 9 heteroatoms. The molecule has 24 heavy (non-hydrogen) atoms. The van der Waals surface area contributed by atoms with Crippen molar-refractivity contribution in [2.24, 2.45) is 0 Å². The average Bonchev–Trinajstić information content (AvgIpc) is 3.25. The SMILES string of the molecule is O[C@H](COc1ccc(Cl)cc1)CSc1nnnn1C[C@@H]1CCCO1. The van der Waals surface area contributed by atoms with E-state index in [0.29, 0.717) is 28.2 Å². The fourth-order valence-electron chi connectivity index (χ4n) is 2.34. The molecule has 1 aromatic carbocycles. The van der Waals surface area contributed by atoms with Crippen LogP contribution in [0.5, 0.6) is 5.75 Å². The fourth-order valence-corrected chi connectivity index (χ4v) is 3.26. The third kappa shape index (κ3) is 5.07. The summed E-state index contributed by atoms with van der Waals surface area (Å²) in [5, 5.41) is 23.1. The minimum atomic E-state index is -0.626. The van der Waals surface area contributed by atoms with Crippen LogP contribution in [0.2, 0.25) is 5.02 Å². The van der Waals surface area contributed by atoms with Crippen molar-refractivity contribution in [2.75, 3.05) is 19.0 Å². The van der Waals surface area contributed by atoms with Crippen LogP contribution in [0.25, 0.3) is 0 Å². The van der Waals surface area contributed by atoms with E-state index in [1.54, 1.807) is 28.9 Å². The predicted octanol–water partition coefficient (Wildman–Crippen LogP) is 2.04. The lowest BCUT2D eigenvalue weighted by atomic mass is 10.2. The molecular weight excluding hydrogens is 352 g/mol. The molecule has 0 unspecified atom stereocenters. The number of thioether (sulfide) groups is 1. The van der Waals surface area contributed by atoms with Crippen LogP contribution in [0.4, 0.5) is 0 Å². The van der Waals surface area contributed by atoms with E-state index in [1.165, 1.54) is 11.8 Å². The van der Waals surface area contributed by atoms with E-state index in [9.17, 15) is 5.11 Å². The van der Waals surface area contributed by atoms with Crippen LogP contribution >= 0.6 is 23.4 Å². The summed E-state index contributed by atoms with van der Waals surface area (Å²) >= 11 is 7.22. The first-order chi connectivity index (χ1) is 11.7. The van der Waals surface area contributed by atoms with E-state index in [1.807, 2.05) is 0 Å². The van der Waals surface area contributed by atoms with Gasteiger partial charge in [0.2, 0.25) is 5.16 Å². The molecule has 0 radical (unpaired) electrons. The number of aromatic nitrogens is 4. The average molecular weight is 371 g/mol. The second-order valence-corrected chi connectivity index (χ2v) is 6.93. The molecule has 0 bridgehead atoms. The molecule has 2 atom stereocenters. The molecule has 130 valence electrons. The molecule has 3 rings (SSSR count). The van der Waals surface area contributed by atoms with Gasteiger partial charge in [-0.15, -0.1) is 5.10 Å².